The topological polar surface area (TPSA) is 48.4 Å². The molecule has 1 aromatic carbocycles. The fourth-order valence-electron chi connectivity index (χ4n) is 1.54. The molecule has 19 heavy (non-hydrogen) atoms. The van der Waals surface area contributed by atoms with E-state index >= 15 is 0 Å². The van der Waals surface area contributed by atoms with Crippen molar-refractivity contribution in [3.05, 3.63) is 65.5 Å². The number of rotatable bonds is 5. The molecule has 98 valence electrons. The lowest BCUT2D eigenvalue weighted by atomic mass is 10.1. The van der Waals surface area contributed by atoms with Gasteiger partial charge in [0.1, 0.15) is 0 Å². The Morgan fingerprint density at radius 2 is 1.89 bits per heavy atom. The molecule has 4 nitrogen and oxygen atoms in total. The zero-order valence-electron chi connectivity index (χ0n) is 10.1. The standard InChI is InChI=1S/C14H12FNO3/c15-19-14(17)12-6-4-11(5-7-12)9-18-10-13-3-1-2-8-16-13/h1-8H,9-10H2. The van der Waals surface area contributed by atoms with Gasteiger partial charge >= 0.3 is 5.97 Å². The summed E-state index contributed by atoms with van der Waals surface area (Å²) < 4.78 is 17.2. The highest BCUT2D eigenvalue weighted by atomic mass is 19.3. The second-order valence-corrected chi connectivity index (χ2v) is 3.88. The SMILES string of the molecule is O=C(OF)c1ccc(COCc2ccccn2)cc1. The summed E-state index contributed by atoms with van der Waals surface area (Å²) in [6.45, 7) is 0.802. The maximum Gasteiger partial charge on any atom is 0.379 e. The van der Waals surface area contributed by atoms with Gasteiger partial charge in [0.25, 0.3) is 0 Å². The molecule has 0 bridgehead atoms. The number of nitrogens with zero attached hydrogens (tertiary/aromatic N) is 1. The molecule has 0 aliphatic heterocycles. The number of hydrogen-bond donors (Lipinski definition) is 0. The molecule has 2 rings (SSSR count). The highest BCUT2D eigenvalue weighted by Crippen LogP contribution is 2.08. The molecular weight excluding hydrogens is 249 g/mol. The van der Waals surface area contributed by atoms with Crippen LogP contribution in [0.25, 0.3) is 0 Å². The zero-order chi connectivity index (χ0) is 13.5. The number of hydrogen-bond acceptors (Lipinski definition) is 4. The quantitative estimate of drug-likeness (QED) is 0.830. The molecule has 1 heterocycles. The first-order chi connectivity index (χ1) is 9.29. The number of benzene rings is 1. The van der Waals surface area contributed by atoms with E-state index in [1.54, 1.807) is 18.3 Å². The first-order valence-electron chi connectivity index (χ1n) is 5.69. The molecule has 0 saturated heterocycles. The van der Waals surface area contributed by atoms with Crippen molar-refractivity contribution in [2.75, 3.05) is 0 Å². The number of ether oxygens (including phenoxy) is 1. The molecule has 0 spiro atoms. The fraction of sp³-hybridized carbons (Fsp3) is 0.143. The Morgan fingerprint density at radius 1 is 1.11 bits per heavy atom. The van der Waals surface area contributed by atoms with Crippen LogP contribution in [0.15, 0.2) is 48.7 Å². The molecule has 0 saturated carbocycles. The maximum absolute atomic E-state index is 11.7. The van der Waals surface area contributed by atoms with Crippen molar-refractivity contribution in [1.82, 2.24) is 4.98 Å². The van der Waals surface area contributed by atoms with Crippen molar-refractivity contribution in [2.45, 2.75) is 13.2 Å². The van der Waals surface area contributed by atoms with Crippen LogP contribution in [0.3, 0.4) is 0 Å². The third kappa shape index (κ3) is 3.86. The van der Waals surface area contributed by atoms with Gasteiger partial charge in [-0.3, -0.25) is 4.98 Å². The van der Waals surface area contributed by atoms with Crippen LogP contribution >= 0.6 is 0 Å². The minimum atomic E-state index is -0.999. The average molecular weight is 261 g/mol. The van der Waals surface area contributed by atoms with E-state index in [-0.39, 0.29) is 5.56 Å². The second kappa shape index (κ2) is 6.61. The lowest BCUT2D eigenvalue weighted by Crippen LogP contribution is -2.00. The fourth-order valence-corrected chi connectivity index (χ4v) is 1.54. The van der Waals surface area contributed by atoms with Gasteiger partial charge in [-0.05, 0) is 29.8 Å². The van der Waals surface area contributed by atoms with Gasteiger partial charge in [-0.2, -0.15) is 0 Å². The van der Waals surface area contributed by atoms with Gasteiger partial charge in [-0.15, -0.1) is 0 Å². The van der Waals surface area contributed by atoms with Gasteiger partial charge in [-0.1, -0.05) is 18.2 Å². The Kier molecular flexibility index (Phi) is 4.58. The van der Waals surface area contributed by atoms with Crippen molar-refractivity contribution in [3.63, 3.8) is 0 Å². The van der Waals surface area contributed by atoms with Gasteiger partial charge in [-0.25, -0.2) is 9.74 Å². The van der Waals surface area contributed by atoms with E-state index in [1.165, 1.54) is 12.1 Å². The smallest absolute Gasteiger partial charge is 0.370 e. The maximum atomic E-state index is 11.7. The first kappa shape index (κ1) is 13.2. The van der Waals surface area contributed by atoms with E-state index in [9.17, 15) is 9.32 Å². The highest BCUT2D eigenvalue weighted by molar-refractivity contribution is 5.88. The van der Waals surface area contributed by atoms with Crippen LogP contribution < -0.4 is 0 Å². The second-order valence-electron chi connectivity index (χ2n) is 3.88. The van der Waals surface area contributed by atoms with Crippen molar-refractivity contribution in [3.8, 4) is 0 Å². The van der Waals surface area contributed by atoms with E-state index in [1.807, 2.05) is 18.2 Å². The Bertz CT molecular complexity index is 528. The number of aromatic nitrogens is 1. The number of halogens is 1. The van der Waals surface area contributed by atoms with Crippen LogP contribution in [0.4, 0.5) is 4.53 Å². The molecular formula is C14H12FNO3. The third-order valence-electron chi connectivity index (χ3n) is 2.50. The normalized spacial score (nSPS) is 10.2. The lowest BCUT2D eigenvalue weighted by molar-refractivity contribution is -0.0788. The zero-order valence-corrected chi connectivity index (χ0v) is 10.1. The van der Waals surface area contributed by atoms with E-state index in [2.05, 4.69) is 9.93 Å². The lowest BCUT2D eigenvalue weighted by Gasteiger charge is -2.04. The number of carbonyl (C=O) groups excluding carboxylic acids is 1. The summed E-state index contributed by atoms with van der Waals surface area (Å²) in [4.78, 5) is 18.2. The Hall–Kier alpha value is -2.27. The van der Waals surface area contributed by atoms with Gasteiger partial charge in [0, 0.05) is 10.7 Å². The van der Waals surface area contributed by atoms with Crippen molar-refractivity contribution in [2.24, 2.45) is 0 Å². The Morgan fingerprint density at radius 3 is 2.53 bits per heavy atom. The Balaban J connectivity index is 1.85. The van der Waals surface area contributed by atoms with E-state index < -0.39 is 5.97 Å². The summed E-state index contributed by atoms with van der Waals surface area (Å²) in [7, 11) is 0. The molecule has 5 heteroatoms. The van der Waals surface area contributed by atoms with Crippen LogP contribution in [0.2, 0.25) is 0 Å². The van der Waals surface area contributed by atoms with Crippen LogP contribution in [-0.2, 0) is 22.9 Å². The summed E-state index contributed by atoms with van der Waals surface area (Å²) in [5.74, 6) is -0.999. The molecule has 0 aliphatic rings. The van der Waals surface area contributed by atoms with Crippen molar-refractivity contribution >= 4 is 5.97 Å². The number of pyridine rings is 1. The van der Waals surface area contributed by atoms with Gasteiger partial charge in [0.05, 0.1) is 24.5 Å². The molecule has 0 amide bonds. The minimum absolute atomic E-state index is 0.163. The predicted octanol–water partition coefficient (Wildman–Crippen LogP) is 2.84. The molecule has 0 N–H and O–H groups in total. The van der Waals surface area contributed by atoms with Gasteiger partial charge in [0.2, 0.25) is 0 Å². The van der Waals surface area contributed by atoms with Crippen molar-refractivity contribution < 1.29 is 19.0 Å². The highest BCUT2D eigenvalue weighted by Gasteiger charge is 2.06. The summed E-state index contributed by atoms with van der Waals surface area (Å²) in [6.07, 6.45) is 1.70. The summed E-state index contributed by atoms with van der Waals surface area (Å²) in [5, 5.41) is 0. The largest absolute Gasteiger partial charge is 0.379 e. The monoisotopic (exact) mass is 261 g/mol. The van der Waals surface area contributed by atoms with Crippen LogP contribution in [-0.4, -0.2) is 11.0 Å². The molecule has 0 fully saturated rings. The van der Waals surface area contributed by atoms with Gasteiger partial charge in [0.15, 0.2) is 0 Å². The van der Waals surface area contributed by atoms with E-state index in [4.69, 9.17) is 4.74 Å². The number of carbonyl (C=O) groups is 1. The van der Waals surface area contributed by atoms with Crippen LogP contribution in [0.1, 0.15) is 21.6 Å². The van der Waals surface area contributed by atoms with Gasteiger partial charge < -0.3 is 4.74 Å². The molecule has 0 radical (unpaired) electrons. The van der Waals surface area contributed by atoms with E-state index in [0.29, 0.717) is 13.2 Å². The molecule has 1 aromatic heterocycles. The third-order valence-corrected chi connectivity index (χ3v) is 2.50. The average Bonchev–Trinajstić information content (AvgIpc) is 2.48. The first-order valence-corrected chi connectivity index (χ1v) is 5.69. The Labute approximate surface area is 109 Å². The molecule has 0 unspecified atom stereocenters. The van der Waals surface area contributed by atoms with Crippen LogP contribution in [0, 0.1) is 0 Å². The molecule has 0 atom stereocenters. The van der Waals surface area contributed by atoms with Crippen molar-refractivity contribution in [1.29, 1.82) is 0 Å². The van der Waals surface area contributed by atoms with Crippen LogP contribution in [0.5, 0.6) is 0 Å². The summed E-state index contributed by atoms with van der Waals surface area (Å²) in [5.41, 5.74) is 1.89. The summed E-state index contributed by atoms with van der Waals surface area (Å²) in [6, 6.07) is 12.0. The minimum Gasteiger partial charge on any atom is -0.370 e. The van der Waals surface area contributed by atoms with E-state index in [0.717, 1.165) is 11.3 Å². The molecule has 0 aliphatic carbocycles. The summed E-state index contributed by atoms with van der Waals surface area (Å²) >= 11 is 0. The predicted molar refractivity (Wildman–Crippen MR) is 65.7 cm³/mol. The molecule has 2 aromatic rings.